The second kappa shape index (κ2) is 7.54. The Labute approximate surface area is 118 Å². The summed E-state index contributed by atoms with van der Waals surface area (Å²) in [4.78, 5) is 8.35. The first-order valence-electron chi connectivity index (χ1n) is 6.29. The molecule has 20 heavy (non-hydrogen) atoms. The molecule has 0 unspecified atom stereocenters. The van der Waals surface area contributed by atoms with Gasteiger partial charge in [0.15, 0.2) is 6.19 Å². The van der Waals surface area contributed by atoms with Crippen LogP contribution in [0.4, 0.5) is 5.69 Å². The average Bonchev–Trinajstić information content (AvgIpc) is 2.49. The first-order chi connectivity index (χ1) is 9.88. The molecule has 0 radical (unpaired) electrons. The summed E-state index contributed by atoms with van der Waals surface area (Å²) in [5.41, 5.74) is 2.00. The van der Waals surface area contributed by atoms with Gasteiger partial charge in [-0.1, -0.05) is 30.3 Å². The highest BCUT2D eigenvalue weighted by atomic mass is 15.2. The molecule has 0 atom stereocenters. The van der Waals surface area contributed by atoms with E-state index in [1.807, 2.05) is 36.5 Å². The highest BCUT2D eigenvalue weighted by Gasteiger charge is 1.99. The van der Waals surface area contributed by atoms with Crippen molar-refractivity contribution in [1.29, 1.82) is 5.26 Å². The predicted molar refractivity (Wildman–Crippen MR) is 79.1 cm³/mol. The molecular weight excluding hydrogens is 250 g/mol. The molecule has 2 N–H and O–H groups in total. The molecule has 5 heteroatoms. The van der Waals surface area contributed by atoms with E-state index in [-0.39, 0.29) is 0 Å². The van der Waals surface area contributed by atoms with Gasteiger partial charge in [-0.25, -0.2) is 0 Å². The first kappa shape index (κ1) is 13.6. The van der Waals surface area contributed by atoms with Crippen molar-refractivity contribution in [3.8, 4) is 6.19 Å². The highest BCUT2D eigenvalue weighted by molar-refractivity contribution is 5.94. The topological polar surface area (TPSA) is 73.1 Å². The van der Waals surface area contributed by atoms with Crippen LogP contribution in [0, 0.1) is 11.5 Å². The molecule has 100 valence electrons. The number of nitrogens with zero attached hydrogens (tertiary/aromatic N) is 3. The van der Waals surface area contributed by atoms with Crippen molar-refractivity contribution in [2.45, 2.75) is 6.42 Å². The normalized spacial score (nSPS) is 10.7. The molecule has 1 heterocycles. The predicted octanol–water partition coefficient (Wildman–Crippen LogP) is 2.16. The maximum Gasteiger partial charge on any atom is 0.209 e. The number of nitrogens with one attached hydrogen (secondary N) is 2. The van der Waals surface area contributed by atoms with Gasteiger partial charge in [-0.2, -0.15) is 5.26 Å². The number of guanidine groups is 1. The maximum atomic E-state index is 8.73. The Bertz CT molecular complexity index is 587. The SMILES string of the molecule is N#CNC(=NCCc1ccccc1)Nc1cccnc1. The molecule has 2 aromatic rings. The van der Waals surface area contributed by atoms with Crippen molar-refractivity contribution in [1.82, 2.24) is 10.3 Å². The molecular formula is C15H15N5. The summed E-state index contributed by atoms with van der Waals surface area (Å²) in [5.74, 6) is 0.427. The number of pyridine rings is 1. The number of aromatic nitrogens is 1. The Hall–Kier alpha value is -2.87. The van der Waals surface area contributed by atoms with Gasteiger partial charge in [-0.05, 0) is 24.1 Å². The summed E-state index contributed by atoms with van der Waals surface area (Å²) >= 11 is 0. The van der Waals surface area contributed by atoms with Crippen LogP contribution in [0.2, 0.25) is 0 Å². The van der Waals surface area contributed by atoms with E-state index in [9.17, 15) is 0 Å². The Kier molecular flexibility index (Phi) is 5.11. The average molecular weight is 265 g/mol. The second-order valence-electron chi connectivity index (χ2n) is 4.07. The molecule has 0 amide bonds. The summed E-state index contributed by atoms with van der Waals surface area (Å²) < 4.78 is 0. The lowest BCUT2D eigenvalue weighted by Crippen LogP contribution is -2.27. The summed E-state index contributed by atoms with van der Waals surface area (Å²) in [6, 6.07) is 13.8. The third kappa shape index (κ3) is 4.42. The van der Waals surface area contributed by atoms with Crippen molar-refractivity contribution in [3.05, 3.63) is 60.4 Å². The summed E-state index contributed by atoms with van der Waals surface area (Å²) in [6.07, 6.45) is 6.06. The number of hydrogen-bond donors (Lipinski definition) is 2. The van der Waals surface area contributed by atoms with Gasteiger partial charge < -0.3 is 5.32 Å². The fourth-order valence-electron chi connectivity index (χ4n) is 1.68. The van der Waals surface area contributed by atoms with Crippen LogP contribution in [0.1, 0.15) is 5.56 Å². The Morgan fingerprint density at radius 3 is 2.75 bits per heavy atom. The highest BCUT2D eigenvalue weighted by Crippen LogP contribution is 2.03. The minimum Gasteiger partial charge on any atom is -0.324 e. The van der Waals surface area contributed by atoms with Crippen molar-refractivity contribution < 1.29 is 0 Å². The van der Waals surface area contributed by atoms with E-state index < -0.39 is 0 Å². The fourth-order valence-corrected chi connectivity index (χ4v) is 1.68. The first-order valence-corrected chi connectivity index (χ1v) is 6.29. The molecule has 0 spiro atoms. The van der Waals surface area contributed by atoms with Crippen molar-refractivity contribution in [2.24, 2.45) is 4.99 Å². The molecule has 0 aliphatic carbocycles. The molecule has 0 saturated heterocycles. The van der Waals surface area contributed by atoms with Gasteiger partial charge in [0.2, 0.25) is 5.96 Å². The summed E-state index contributed by atoms with van der Waals surface area (Å²) in [6.45, 7) is 0.599. The van der Waals surface area contributed by atoms with E-state index in [4.69, 9.17) is 5.26 Å². The molecule has 5 nitrogen and oxygen atoms in total. The number of rotatable bonds is 4. The third-order valence-corrected chi connectivity index (χ3v) is 2.61. The van der Waals surface area contributed by atoms with E-state index in [1.165, 1.54) is 5.56 Å². The summed E-state index contributed by atoms with van der Waals surface area (Å²) in [7, 11) is 0. The Morgan fingerprint density at radius 1 is 1.20 bits per heavy atom. The quantitative estimate of drug-likeness (QED) is 0.384. The lowest BCUT2D eigenvalue weighted by Gasteiger charge is -2.07. The van der Waals surface area contributed by atoms with Gasteiger partial charge in [-0.15, -0.1) is 0 Å². The van der Waals surface area contributed by atoms with Crippen LogP contribution in [-0.2, 0) is 6.42 Å². The van der Waals surface area contributed by atoms with E-state index in [0.29, 0.717) is 12.5 Å². The van der Waals surface area contributed by atoms with Gasteiger partial charge in [0, 0.05) is 12.7 Å². The zero-order valence-electron chi connectivity index (χ0n) is 11.0. The molecule has 0 aliphatic heterocycles. The van der Waals surface area contributed by atoms with Gasteiger partial charge >= 0.3 is 0 Å². The molecule has 1 aromatic heterocycles. The van der Waals surface area contributed by atoms with Crippen LogP contribution < -0.4 is 10.6 Å². The molecule has 0 saturated carbocycles. The van der Waals surface area contributed by atoms with Crippen molar-refractivity contribution in [3.63, 3.8) is 0 Å². The van der Waals surface area contributed by atoms with Crippen LogP contribution in [0.3, 0.4) is 0 Å². The molecule has 2 rings (SSSR count). The Balaban J connectivity index is 1.94. The number of anilines is 1. The van der Waals surface area contributed by atoms with Crippen LogP contribution in [0.15, 0.2) is 59.9 Å². The Morgan fingerprint density at radius 2 is 2.05 bits per heavy atom. The number of hydrogen-bond acceptors (Lipinski definition) is 3. The maximum absolute atomic E-state index is 8.73. The van der Waals surface area contributed by atoms with Gasteiger partial charge in [0.25, 0.3) is 0 Å². The minimum absolute atomic E-state index is 0.427. The second-order valence-corrected chi connectivity index (χ2v) is 4.07. The smallest absolute Gasteiger partial charge is 0.209 e. The fraction of sp³-hybridized carbons (Fsp3) is 0.133. The molecule has 0 aliphatic rings. The molecule has 0 fully saturated rings. The van der Waals surface area contributed by atoms with Gasteiger partial charge in [-0.3, -0.25) is 15.3 Å². The van der Waals surface area contributed by atoms with Gasteiger partial charge in [0.1, 0.15) is 0 Å². The lowest BCUT2D eigenvalue weighted by molar-refractivity contribution is 0.957. The van der Waals surface area contributed by atoms with Crippen LogP contribution >= 0.6 is 0 Å². The largest absolute Gasteiger partial charge is 0.324 e. The van der Waals surface area contributed by atoms with E-state index in [2.05, 4.69) is 32.7 Å². The monoisotopic (exact) mass is 265 g/mol. The number of benzene rings is 1. The molecule has 1 aromatic carbocycles. The van der Waals surface area contributed by atoms with E-state index in [0.717, 1.165) is 12.1 Å². The zero-order valence-corrected chi connectivity index (χ0v) is 11.0. The van der Waals surface area contributed by atoms with Crippen molar-refractivity contribution >= 4 is 11.6 Å². The van der Waals surface area contributed by atoms with Crippen LogP contribution in [0.5, 0.6) is 0 Å². The van der Waals surface area contributed by atoms with E-state index >= 15 is 0 Å². The third-order valence-electron chi connectivity index (χ3n) is 2.61. The summed E-state index contributed by atoms with van der Waals surface area (Å²) in [5, 5.41) is 14.3. The zero-order chi connectivity index (χ0) is 14.0. The van der Waals surface area contributed by atoms with E-state index in [1.54, 1.807) is 12.4 Å². The van der Waals surface area contributed by atoms with Crippen LogP contribution in [0.25, 0.3) is 0 Å². The molecule has 0 bridgehead atoms. The van der Waals surface area contributed by atoms with Crippen molar-refractivity contribution in [2.75, 3.05) is 11.9 Å². The minimum atomic E-state index is 0.427. The number of nitriles is 1. The lowest BCUT2D eigenvalue weighted by atomic mass is 10.2. The number of aliphatic imine (C=N–C) groups is 1. The standard InChI is InChI=1S/C15H15N5/c16-12-19-15(20-14-7-4-9-17-11-14)18-10-8-13-5-2-1-3-6-13/h1-7,9,11H,8,10H2,(H2,18,19,20). The van der Waals surface area contributed by atoms with Gasteiger partial charge in [0.05, 0.1) is 11.9 Å². The van der Waals surface area contributed by atoms with Crippen LogP contribution in [-0.4, -0.2) is 17.5 Å².